The van der Waals surface area contributed by atoms with Gasteiger partial charge < -0.3 is 15.3 Å². The van der Waals surface area contributed by atoms with Gasteiger partial charge in [0.25, 0.3) is 0 Å². The number of carboxylic acid groups (broad SMARTS) is 1. The Morgan fingerprint density at radius 1 is 1.50 bits per heavy atom. The highest BCUT2D eigenvalue weighted by Gasteiger charge is 2.07. The van der Waals surface area contributed by atoms with Gasteiger partial charge in [-0.25, -0.2) is 9.97 Å². The van der Waals surface area contributed by atoms with Crippen molar-refractivity contribution in [3.05, 3.63) is 12.4 Å². The van der Waals surface area contributed by atoms with Crippen LogP contribution in [0.5, 0.6) is 0 Å². The van der Waals surface area contributed by atoms with Crippen LogP contribution in [0.15, 0.2) is 12.4 Å². The Kier molecular flexibility index (Phi) is 3.22. The average molecular weight is 196 g/mol. The molecule has 2 N–H and O–H groups in total. The summed E-state index contributed by atoms with van der Waals surface area (Å²) in [5.41, 5.74) is 0. The van der Waals surface area contributed by atoms with E-state index in [9.17, 15) is 4.79 Å². The van der Waals surface area contributed by atoms with Crippen molar-refractivity contribution in [1.29, 1.82) is 0 Å². The third-order valence-electron chi connectivity index (χ3n) is 1.51. The topological polar surface area (TPSA) is 78.4 Å². The third kappa shape index (κ3) is 2.58. The van der Waals surface area contributed by atoms with Crippen molar-refractivity contribution in [3.63, 3.8) is 0 Å². The highest BCUT2D eigenvalue weighted by molar-refractivity contribution is 5.74. The molecule has 0 aliphatic heterocycles. The van der Waals surface area contributed by atoms with E-state index in [1.54, 1.807) is 11.1 Å². The molecule has 1 rings (SSSR count). The van der Waals surface area contributed by atoms with Gasteiger partial charge in [-0.3, -0.25) is 4.79 Å². The molecular formula is C8H12N4O2. The molecule has 0 saturated heterocycles. The minimum Gasteiger partial charge on any atom is -0.480 e. The summed E-state index contributed by atoms with van der Waals surface area (Å²) >= 11 is 0. The van der Waals surface area contributed by atoms with Gasteiger partial charge in [0.15, 0.2) is 11.6 Å². The minimum absolute atomic E-state index is 0.167. The zero-order chi connectivity index (χ0) is 10.6. The summed E-state index contributed by atoms with van der Waals surface area (Å²) in [6.07, 6.45) is 3.07. The van der Waals surface area contributed by atoms with E-state index in [1.807, 2.05) is 14.1 Å². The van der Waals surface area contributed by atoms with Crippen LogP contribution in [0.25, 0.3) is 0 Å². The largest absolute Gasteiger partial charge is 0.480 e. The van der Waals surface area contributed by atoms with Crippen LogP contribution in [0.4, 0.5) is 11.6 Å². The lowest BCUT2D eigenvalue weighted by Crippen LogP contribution is -2.18. The molecule has 6 nitrogen and oxygen atoms in total. The number of nitrogens with zero attached hydrogens (tertiary/aromatic N) is 3. The van der Waals surface area contributed by atoms with Gasteiger partial charge >= 0.3 is 5.97 Å². The van der Waals surface area contributed by atoms with Gasteiger partial charge in [-0.15, -0.1) is 0 Å². The number of aliphatic carboxylic acids is 1. The van der Waals surface area contributed by atoms with Crippen molar-refractivity contribution in [2.24, 2.45) is 0 Å². The lowest BCUT2D eigenvalue weighted by atomic mass is 10.5. The first-order valence-electron chi connectivity index (χ1n) is 4.05. The summed E-state index contributed by atoms with van der Waals surface area (Å²) in [5, 5.41) is 11.2. The molecule has 0 aliphatic carbocycles. The summed E-state index contributed by atoms with van der Waals surface area (Å²) in [4.78, 5) is 20.1. The van der Waals surface area contributed by atoms with Crippen LogP contribution in [0.2, 0.25) is 0 Å². The number of hydrogen-bond acceptors (Lipinski definition) is 5. The molecule has 0 radical (unpaired) electrons. The molecule has 0 spiro atoms. The molecule has 0 aromatic carbocycles. The monoisotopic (exact) mass is 196 g/mol. The van der Waals surface area contributed by atoms with Crippen molar-refractivity contribution < 1.29 is 9.90 Å². The van der Waals surface area contributed by atoms with Crippen LogP contribution in [-0.4, -0.2) is 41.7 Å². The van der Waals surface area contributed by atoms with Gasteiger partial charge in [0, 0.05) is 26.5 Å². The fraction of sp³-hybridized carbons (Fsp3) is 0.375. The van der Waals surface area contributed by atoms with Gasteiger partial charge in [-0.1, -0.05) is 0 Å². The lowest BCUT2D eigenvalue weighted by Gasteiger charge is -2.14. The van der Waals surface area contributed by atoms with Gasteiger partial charge in [0.1, 0.15) is 6.54 Å². The van der Waals surface area contributed by atoms with E-state index in [-0.39, 0.29) is 6.54 Å². The second kappa shape index (κ2) is 4.40. The molecule has 0 saturated carbocycles. The average Bonchev–Trinajstić information content (AvgIpc) is 2.15. The second-order valence-electron chi connectivity index (χ2n) is 2.87. The van der Waals surface area contributed by atoms with Crippen molar-refractivity contribution in [3.8, 4) is 0 Å². The number of rotatable bonds is 4. The van der Waals surface area contributed by atoms with Crippen LogP contribution < -0.4 is 10.2 Å². The number of aromatic nitrogens is 2. The van der Waals surface area contributed by atoms with E-state index in [0.717, 1.165) is 0 Å². The molecule has 1 aromatic rings. The number of hydrogen-bond donors (Lipinski definition) is 2. The molecule has 0 unspecified atom stereocenters. The Bertz CT molecular complexity index is 327. The van der Waals surface area contributed by atoms with E-state index < -0.39 is 5.97 Å². The maximum Gasteiger partial charge on any atom is 0.322 e. The highest BCUT2D eigenvalue weighted by Crippen LogP contribution is 2.16. The Labute approximate surface area is 81.6 Å². The van der Waals surface area contributed by atoms with Crippen molar-refractivity contribution >= 4 is 17.6 Å². The molecule has 1 aromatic heterocycles. The van der Waals surface area contributed by atoms with Gasteiger partial charge in [-0.05, 0) is 0 Å². The molecule has 6 heteroatoms. The summed E-state index contributed by atoms with van der Waals surface area (Å²) in [5.74, 6) is 0.161. The minimum atomic E-state index is -0.930. The van der Waals surface area contributed by atoms with E-state index >= 15 is 0 Å². The van der Waals surface area contributed by atoms with Gasteiger partial charge in [0.05, 0.1) is 0 Å². The number of carboxylic acids is 1. The molecule has 14 heavy (non-hydrogen) atoms. The van der Waals surface area contributed by atoms with Crippen LogP contribution >= 0.6 is 0 Å². The lowest BCUT2D eigenvalue weighted by molar-refractivity contribution is -0.134. The molecular weight excluding hydrogens is 184 g/mol. The Morgan fingerprint density at radius 2 is 2.14 bits per heavy atom. The summed E-state index contributed by atoms with van der Waals surface area (Å²) < 4.78 is 0. The van der Waals surface area contributed by atoms with Crippen molar-refractivity contribution in [1.82, 2.24) is 9.97 Å². The number of anilines is 2. The standard InChI is InChI=1S/C8H12N4O2/c1-12(2)8-7(9-3-4-10-8)11-5-6(13)14/h3-4H,5H2,1-2H3,(H,9,11)(H,13,14). The normalized spacial score (nSPS) is 9.57. The van der Waals surface area contributed by atoms with E-state index in [1.165, 1.54) is 6.20 Å². The van der Waals surface area contributed by atoms with Crippen LogP contribution in [0.3, 0.4) is 0 Å². The molecule has 0 atom stereocenters. The molecule has 0 amide bonds. The summed E-state index contributed by atoms with van der Waals surface area (Å²) in [6.45, 7) is -0.167. The number of nitrogens with one attached hydrogen (secondary N) is 1. The second-order valence-corrected chi connectivity index (χ2v) is 2.87. The maximum atomic E-state index is 10.3. The molecule has 76 valence electrons. The number of carbonyl (C=O) groups is 1. The van der Waals surface area contributed by atoms with Gasteiger partial charge in [0.2, 0.25) is 0 Å². The van der Waals surface area contributed by atoms with Crippen LogP contribution in [0.1, 0.15) is 0 Å². The smallest absolute Gasteiger partial charge is 0.322 e. The predicted octanol–water partition coefficient (Wildman–Crippen LogP) is 0.0391. The van der Waals surface area contributed by atoms with Crippen LogP contribution in [-0.2, 0) is 4.79 Å². The molecule has 0 aliphatic rings. The Morgan fingerprint density at radius 3 is 2.71 bits per heavy atom. The Balaban J connectivity index is 2.79. The fourth-order valence-electron chi connectivity index (χ4n) is 0.942. The predicted molar refractivity (Wildman–Crippen MR) is 52.5 cm³/mol. The first kappa shape index (κ1) is 10.2. The Hall–Kier alpha value is -1.85. The van der Waals surface area contributed by atoms with E-state index in [2.05, 4.69) is 15.3 Å². The molecule has 0 bridgehead atoms. The first-order chi connectivity index (χ1) is 6.61. The zero-order valence-corrected chi connectivity index (χ0v) is 8.06. The summed E-state index contributed by atoms with van der Waals surface area (Å²) in [6, 6.07) is 0. The summed E-state index contributed by atoms with van der Waals surface area (Å²) in [7, 11) is 3.63. The third-order valence-corrected chi connectivity index (χ3v) is 1.51. The van der Waals surface area contributed by atoms with Gasteiger partial charge in [-0.2, -0.15) is 0 Å². The van der Waals surface area contributed by atoms with Crippen LogP contribution in [0, 0.1) is 0 Å². The van der Waals surface area contributed by atoms with Crippen molar-refractivity contribution in [2.75, 3.05) is 30.9 Å². The highest BCUT2D eigenvalue weighted by atomic mass is 16.4. The SMILES string of the molecule is CN(C)c1nccnc1NCC(=O)O. The molecule has 0 fully saturated rings. The zero-order valence-electron chi connectivity index (χ0n) is 8.06. The first-order valence-corrected chi connectivity index (χ1v) is 4.05. The van der Waals surface area contributed by atoms with Crippen molar-refractivity contribution in [2.45, 2.75) is 0 Å². The fourth-order valence-corrected chi connectivity index (χ4v) is 0.942. The molecule has 1 heterocycles. The van der Waals surface area contributed by atoms with E-state index in [0.29, 0.717) is 11.6 Å². The maximum absolute atomic E-state index is 10.3. The van der Waals surface area contributed by atoms with E-state index in [4.69, 9.17) is 5.11 Å². The quantitative estimate of drug-likeness (QED) is 0.707.